The third-order valence-electron chi connectivity index (χ3n) is 4.28. The molecule has 136 valence electrons. The number of aliphatic hydroxyl groups excluding tert-OH is 1. The lowest BCUT2D eigenvalue weighted by molar-refractivity contribution is -0.132. The third kappa shape index (κ3) is 3.66. The summed E-state index contributed by atoms with van der Waals surface area (Å²) in [6.07, 6.45) is -1.02. The number of hydrogen-bond donors (Lipinski definition) is 2. The highest BCUT2D eigenvalue weighted by atomic mass is 35.5. The zero-order valence-electron chi connectivity index (χ0n) is 14.2. The molecule has 0 aromatic heterocycles. The van der Waals surface area contributed by atoms with Crippen LogP contribution in [0.2, 0.25) is 5.02 Å². The Hall–Kier alpha value is -2.57. The Morgan fingerprint density at radius 2 is 1.81 bits per heavy atom. The molecule has 1 aliphatic heterocycles. The first-order valence-electron chi connectivity index (χ1n) is 8.16. The van der Waals surface area contributed by atoms with Crippen LogP contribution in [-0.2, 0) is 10.3 Å². The van der Waals surface area contributed by atoms with Crippen molar-refractivity contribution in [2.45, 2.75) is 18.6 Å². The molecule has 0 saturated carbocycles. The average molecular weight is 375 g/mol. The van der Waals surface area contributed by atoms with Crippen LogP contribution in [-0.4, -0.2) is 41.2 Å². The predicted molar refractivity (Wildman–Crippen MR) is 97.0 cm³/mol. The van der Waals surface area contributed by atoms with Gasteiger partial charge < -0.3 is 15.2 Å². The molecule has 2 atom stereocenters. The van der Waals surface area contributed by atoms with Gasteiger partial charge in [0, 0.05) is 5.02 Å². The second-order valence-corrected chi connectivity index (χ2v) is 6.69. The maximum absolute atomic E-state index is 12.8. The fraction of sp³-hybridized carbons (Fsp3) is 0.263. The predicted octanol–water partition coefficient (Wildman–Crippen LogP) is 2.55. The highest BCUT2D eigenvalue weighted by Gasteiger charge is 2.49. The largest absolute Gasteiger partial charge is 0.491 e. The number of amides is 3. The topological polar surface area (TPSA) is 78.9 Å². The van der Waals surface area contributed by atoms with Crippen molar-refractivity contribution in [2.75, 3.05) is 13.2 Å². The van der Waals surface area contributed by atoms with Gasteiger partial charge in [0.1, 0.15) is 24.0 Å². The summed E-state index contributed by atoms with van der Waals surface area (Å²) in [5.41, 5.74) is -0.456. The number of aliphatic hydroxyl groups is 1. The quantitative estimate of drug-likeness (QED) is 0.762. The smallest absolute Gasteiger partial charge is 0.325 e. The summed E-state index contributed by atoms with van der Waals surface area (Å²) >= 11 is 5.80. The number of nitrogens with zero attached hydrogens (tertiary/aromatic N) is 1. The maximum atomic E-state index is 12.8. The van der Waals surface area contributed by atoms with E-state index < -0.39 is 23.6 Å². The zero-order chi connectivity index (χ0) is 18.7. The molecule has 0 bridgehead atoms. The van der Waals surface area contributed by atoms with E-state index in [-0.39, 0.29) is 13.2 Å². The molecule has 6 nitrogen and oxygen atoms in total. The van der Waals surface area contributed by atoms with Crippen molar-refractivity contribution in [1.82, 2.24) is 10.2 Å². The SMILES string of the molecule is CC1(c2ccccc2)NC(=O)N(CC(O)COc2ccc(Cl)cc2)C1=O. The lowest BCUT2D eigenvalue weighted by atomic mass is 9.92. The van der Waals surface area contributed by atoms with E-state index in [1.54, 1.807) is 55.5 Å². The monoisotopic (exact) mass is 374 g/mol. The number of carbonyl (C=O) groups is 2. The summed E-state index contributed by atoms with van der Waals surface area (Å²) in [4.78, 5) is 26.0. The van der Waals surface area contributed by atoms with Crippen LogP contribution < -0.4 is 10.1 Å². The maximum Gasteiger partial charge on any atom is 0.325 e. The second-order valence-electron chi connectivity index (χ2n) is 6.26. The van der Waals surface area contributed by atoms with Crippen LogP contribution in [0.5, 0.6) is 5.75 Å². The molecule has 26 heavy (non-hydrogen) atoms. The van der Waals surface area contributed by atoms with Crippen molar-refractivity contribution < 1.29 is 19.4 Å². The number of urea groups is 1. The summed E-state index contributed by atoms with van der Waals surface area (Å²) in [6, 6.07) is 15.2. The van der Waals surface area contributed by atoms with Gasteiger partial charge in [-0.1, -0.05) is 41.9 Å². The van der Waals surface area contributed by atoms with E-state index in [2.05, 4.69) is 5.32 Å². The van der Waals surface area contributed by atoms with Gasteiger partial charge in [0.05, 0.1) is 6.54 Å². The van der Waals surface area contributed by atoms with E-state index >= 15 is 0 Å². The lowest BCUT2D eigenvalue weighted by Gasteiger charge is -2.23. The van der Waals surface area contributed by atoms with Gasteiger partial charge >= 0.3 is 6.03 Å². The Balaban J connectivity index is 1.63. The van der Waals surface area contributed by atoms with Crippen LogP contribution in [0.3, 0.4) is 0 Å². The average Bonchev–Trinajstić information content (AvgIpc) is 2.86. The van der Waals surface area contributed by atoms with Crippen LogP contribution in [0.1, 0.15) is 12.5 Å². The first-order chi connectivity index (χ1) is 12.4. The van der Waals surface area contributed by atoms with Crippen LogP contribution >= 0.6 is 11.6 Å². The number of carbonyl (C=O) groups excluding carboxylic acids is 2. The Kier molecular flexibility index (Phi) is 5.15. The van der Waals surface area contributed by atoms with Crippen molar-refractivity contribution in [2.24, 2.45) is 0 Å². The first-order valence-corrected chi connectivity index (χ1v) is 8.54. The van der Waals surface area contributed by atoms with Crippen LogP contribution in [0.25, 0.3) is 0 Å². The Labute approximate surface area is 156 Å². The lowest BCUT2D eigenvalue weighted by Crippen LogP contribution is -2.42. The second kappa shape index (κ2) is 7.35. The van der Waals surface area contributed by atoms with Crippen LogP contribution in [0, 0.1) is 0 Å². The van der Waals surface area contributed by atoms with E-state index in [0.717, 1.165) is 4.90 Å². The standard InChI is InChI=1S/C19H19ClN2O4/c1-19(13-5-3-2-4-6-13)17(24)22(18(25)21-19)11-15(23)12-26-16-9-7-14(20)8-10-16/h2-10,15,23H,11-12H2,1H3,(H,21,25). The number of nitrogens with one attached hydrogen (secondary N) is 1. The summed E-state index contributed by atoms with van der Waals surface area (Å²) in [5.74, 6) is 0.138. The molecule has 7 heteroatoms. The van der Waals surface area contributed by atoms with Gasteiger partial charge in [0.15, 0.2) is 0 Å². The molecule has 1 fully saturated rings. The number of hydrogen-bond acceptors (Lipinski definition) is 4. The number of β-amino-alcohol motifs (C(OH)–C–C–N with tert-alkyl or cyclic N) is 1. The highest BCUT2D eigenvalue weighted by Crippen LogP contribution is 2.28. The van der Waals surface area contributed by atoms with Crippen LogP contribution in [0.15, 0.2) is 54.6 Å². The number of imide groups is 1. The molecular formula is C19H19ClN2O4. The number of benzene rings is 2. The molecule has 1 saturated heterocycles. The van der Waals surface area contributed by atoms with Crippen molar-refractivity contribution in [3.8, 4) is 5.75 Å². The van der Waals surface area contributed by atoms with Gasteiger partial charge in [0.25, 0.3) is 5.91 Å². The number of ether oxygens (including phenoxy) is 1. The fourth-order valence-electron chi connectivity index (χ4n) is 2.82. The van der Waals surface area contributed by atoms with Crippen molar-refractivity contribution >= 4 is 23.5 Å². The summed E-state index contributed by atoms with van der Waals surface area (Å²) in [5, 5.41) is 13.5. The normalized spacial score (nSPS) is 20.8. The van der Waals surface area contributed by atoms with Crippen molar-refractivity contribution in [3.05, 3.63) is 65.2 Å². The van der Waals surface area contributed by atoms with E-state index in [9.17, 15) is 14.7 Å². The van der Waals surface area contributed by atoms with E-state index in [4.69, 9.17) is 16.3 Å². The summed E-state index contributed by atoms with van der Waals surface area (Å²) in [7, 11) is 0. The Morgan fingerprint density at radius 3 is 2.46 bits per heavy atom. The molecule has 2 aromatic carbocycles. The van der Waals surface area contributed by atoms with E-state index in [0.29, 0.717) is 16.3 Å². The molecule has 2 N–H and O–H groups in total. The molecule has 2 unspecified atom stereocenters. The number of halogens is 1. The molecule has 2 aromatic rings. The fourth-order valence-corrected chi connectivity index (χ4v) is 2.94. The molecule has 3 amide bonds. The van der Waals surface area contributed by atoms with Crippen molar-refractivity contribution in [1.29, 1.82) is 0 Å². The zero-order valence-corrected chi connectivity index (χ0v) is 14.9. The minimum absolute atomic E-state index is 0.0548. The summed E-state index contributed by atoms with van der Waals surface area (Å²) < 4.78 is 5.46. The number of rotatable bonds is 6. The van der Waals surface area contributed by atoms with Gasteiger partial charge in [-0.25, -0.2) is 4.79 Å². The first kappa shape index (κ1) is 18.2. The minimum Gasteiger partial charge on any atom is -0.491 e. The van der Waals surface area contributed by atoms with E-state index in [1.807, 2.05) is 6.07 Å². The van der Waals surface area contributed by atoms with Gasteiger partial charge in [0.2, 0.25) is 0 Å². The minimum atomic E-state index is -1.14. The van der Waals surface area contributed by atoms with Crippen molar-refractivity contribution in [3.63, 3.8) is 0 Å². The molecule has 1 heterocycles. The molecule has 1 aliphatic rings. The van der Waals surface area contributed by atoms with Gasteiger partial charge in [-0.15, -0.1) is 0 Å². The molecule has 0 aliphatic carbocycles. The third-order valence-corrected chi connectivity index (χ3v) is 4.53. The molecule has 0 radical (unpaired) electrons. The van der Waals surface area contributed by atoms with Gasteiger partial charge in [-0.3, -0.25) is 9.69 Å². The molecular weight excluding hydrogens is 356 g/mol. The Bertz CT molecular complexity index is 797. The van der Waals surface area contributed by atoms with Gasteiger partial charge in [-0.2, -0.15) is 0 Å². The molecule has 3 rings (SSSR count). The Morgan fingerprint density at radius 1 is 1.15 bits per heavy atom. The highest BCUT2D eigenvalue weighted by molar-refractivity contribution is 6.30. The van der Waals surface area contributed by atoms with E-state index in [1.165, 1.54) is 0 Å². The van der Waals surface area contributed by atoms with Gasteiger partial charge in [-0.05, 0) is 36.8 Å². The van der Waals surface area contributed by atoms with Crippen LogP contribution in [0.4, 0.5) is 4.79 Å². The molecule has 0 spiro atoms. The summed E-state index contributed by atoms with van der Waals surface area (Å²) in [6.45, 7) is 1.45.